The number of hydrogen-bond acceptors (Lipinski definition) is 1. The molecule has 0 N–H and O–H groups in total. The molecule has 0 aliphatic heterocycles. The molecule has 0 bridgehead atoms. The Labute approximate surface area is 71.7 Å². The quantitative estimate of drug-likeness (QED) is 0.519. The molecular formula is C8H16F2S. The summed E-state index contributed by atoms with van der Waals surface area (Å²) in [5, 5.41) is 0. The highest BCUT2D eigenvalue weighted by molar-refractivity contribution is 7.99. The van der Waals surface area contributed by atoms with Gasteiger partial charge in [0, 0.05) is 0 Å². The predicted octanol–water partition coefficient (Wildman–Crippen LogP) is 3.22. The molecule has 0 radical (unpaired) electrons. The van der Waals surface area contributed by atoms with Gasteiger partial charge in [-0.25, -0.2) is 0 Å². The molecule has 0 aromatic rings. The highest BCUT2D eigenvalue weighted by Crippen LogP contribution is 2.07. The van der Waals surface area contributed by atoms with E-state index in [4.69, 9.17) is 0 Å². The maximum absolute atomic E-state index is 11.6. The van der Waals surface area contributed by atoms with E-state index in [2.05, 4.69) is 0 Å². The van der Waals surface area contributed by atoms with Crippen LogP contribution in [0.2, 0.25) is 0 Å². The second-order valence-corrected chi connectivity index (χ2v) is 3.63. The molecule has 0 saturated carbocycles. The summed E-state index contributed by atoms with van der Waals surface area (Å²) in [7, 11) is 0. The van der Waals surface area contributed by atoms with Gasteiger partial charge in [0.1, 0.15) is 0 Å². The lowest BCUT2D eigenvalue weighted by atomic mass is 10.4. The van der Waals surface area contributed by atoms with Crippen LogP contribution in [0, 0.1) is 0 Å². The SMILES string of the molecule is FCCCCSCCCCF. The van der Waals surface area contributed by atoms with Crippen LogP contribution in [0.25, 0.3) is 0 Å². The minimum absolute atomic E-state index is 0.203. The number of thioether (sulfide) groups is 1. The van der Waals surface area contributed by atoms with Gasteiger partial charge in [0.25, 0.3) is 0 Å². The molecule has 11 heavy (non-hydrogen) atoms. The molecule has 0 aromatic heterocycles. The van der Waals surface area contributed by atoms with Crippen LogP contribution in [0.1, 0.15) is 25.7 Å². The molecule has 3 heteroatoms. The maximum atomic E-state index is 11.6. The summed E-state index contributed by atoms with van der Waals surface area (Å²) in [5.74, 6) is 2.05. The van der Waals surface area contributed by atoms with Gasteiger partial charge >= 0.3 is 0 Å². The van der Waals surface area contributed by atoms with Crippen molar-refractivity contribution in [3.05, 3.63) is 0 Å². The minimum atomic E-state index is -0.203. The summed E-state index contributed by atoms with van der Waals surface area (Å²) >= 11 is 1.80. The van der Waals surface area contributed by atoms with E-state index < -0.39 is 0 Å². The first-order valence-electron chi connectivity index (χ1n) is 4.11. The molecule has 0 aliphatic carbocycles. The van der Waals surface area contributed by atoms with Crippen LogP contribution in [0.5, 0.6) is 0 Å². The normalized spacial score (nSPS) is 10.4. The molecule has 68 valence electrons. The van der Waals surface area contributed by atoms with Crippen molar-refractivity contribution in [2.24, 2.45) is 0 Å². The number of alkyl halides is 2. The third-order valence-corrected chi connectivity index (χ3v) is 2.50. The van der Waals surface area contributed by atoms with Gasteiger partial charge in [-0.3, -0.25) is 8.78 Å². The van der Waals surface area contributed by atoms with Crippen molar-refractivity contribution in [3.63, 3.8) is 0 Å². The van der Waals surface area contributed by atoms with Crippen molar-refractivity contribution in [2.45, 2.75) is 25.7 Å². The standard InChI is InChI=1S/C8H16F2S/c9-5-1-3-7-11-8-4-2-6-10/h1-8H2. The first-order chi connectivity index (χ1) is 5.41. The molecule has 0 saturated heterocycles. The molecule has 0 nitrogen and oxygen atoms in total. The summed E-state index contributed by atoms with van der Waals surface area (Å²) in [5.41, 5.74) is 0. The van der Waals surface area contributed by atoms with Crippen molar-refractivity contribution in [1.82, 2.24) is 0 Å². The van der Waals surface area contributed by atoms with Crippen LogP contribution >= 0.6 is 11.8 Å². The average Bonchev–Trinajstić information content (AvgIpc) is 2.03. The van der Waals surface area contributed by atoms with Crippen molar-refractivity contribution in [3.8, 4) is 0 Å². The van der Waals surface area contributed by atoms with Crippen LogP contribution < -0.4 is 0 Å². The van der Waals surface area contributed by atoms with E-state index in [0.29, 0.717) is 12.8 Å². The Morgan fingerprint density at radius 3 is 1.55 bits per heavy atom. The van der Waals surface area contributed by atoms with Crippen LogP contribution in [0.4, 0.5) is 8.78 Å². The van der Waals surface area contributed by atoms with Gasteiger partial charge in [-0.05, 0) is 37.2 Å². The van der Waals surface area contributed by atoms with Crippen LogP contribution in [-0.4, -0.2) is 24.9 Å². The van der Waals surface area contributed by atoms with E-state index in [0.717, 1.165) is 24.3 Å². The fraction of sp³-hybridized carbons (Fsp3) is 1.00. The number of hydrogen-bond donors (Lipinski definition) is 0. The third kappa shape index (κ3) is 10.2. The Bertz CT molecular complexity index is 61.1. The van der Waals surface area contributed by atoms with Gasteiger partial charge in [0.15, 0.2) is 0 Å². The van der Waals surface area contributed by atoms with Gasteiger partial charge < -0.3 is 0 Å². The zero-order chi connectivity index (χ0) is 8.36. The van der Waals surface area contributed by atoms with Crippen molar-refractivity contribution < 1.29 is 8.78 Å². The summed E-state index contributed by atoms with van der Waals surface area (Å²) in [6.45, 7) is -0.407. The molecule has 0 unspecified atom stereocenters. The van der Waals surface area contributed by atoms with E-state index in [9.17, 15) is 8.78 Å². The molecule has 0 heterocycles. The number of halogens is 2. The maximum Gasteiger partial charge on any atom is 0.0894 e. The van der Waals surface area contributed by atoms with E-state index in [1.165, 1.54) is 0 Å². The van der Waals surface area contributed by atoms with E-state index >= 15 is 0 Å². The molecule has 0 rings (SSSR count). The Hall–Kier alpha value is 0.210. The largest absolute Gasteiger partial charge is 0.251 e. The fourth-order valence-corrected chi connectivity index (χ4v) is 1.72. The predicted molar refractivity (Wildman–Crippen MR) is 47.7 cm³/mol. The smallest absolute Gasteiger partial charge is 0.0894 e. The van der Waals surface area contributed by atoms with Gasteiger partial charge in [-0.1, -0.05) is 0 Å². The van der Waals surface area contributed by atoms with Gasteiger partial charge in [0.05, 0.1) is 13.3 Å². The van der Waals surface area contributed by atoms with Gasteiger partial charge in [0.2, 0.25) is 0 Å². The fourth-order valence-electron chi connectivity index (χ4n) is 0.699. The third-order valence-electron chi connectivity index (χ3n) is 1.34. The lowest BCUT2D eigenvalue weighted by Crippen LogP contribution is -1.86. The summed E-state index contributed by atoms with van der Waals surface area (Å²) < 4.78 is 23.1. The lowest BCUT2D eigenvalue weighted by Gasteiger charge is -1.98. The topological polar surface area (TPSA) is 0 Å². The zero-order valence-corrected chi connectivity index (χ0v) is 7.64. The number of unbranched alkanes of at least 4 members (excludes halogenated alkanes) is 2. The highest BCUT2D eigenvalue weighted by atomic mass is 32.2. The summed E-state index contributed by atoms with van der Waals surface area (Å²) in [4.78, 5) is 0. The second-order valence-electron chi connectivity index (χ2n) is 2.40. The zero-order valence-electron chi connectivity index (χ0n) is 6.82. The van der Waals surface area contributed by atoms with Gasteiger partial charge in [-0.15, -0.1) is 0 Å². The van der Waals surface area contributed by atoms with Crippen molar-refractivity contribution in [2.75, 3.05) is 24.9 Å². The van der Waals surface area contributed by atoms with Crippen LogP contribution in [-0.2, 0) is 0 Å². The number of rotatable bonds is 8. The monoisotopic (exact) mass is 182 g/mol. The summed E-state index contributed by atoms with van der Waals surface area (Å²) in [6.07, 6.45) is 3.26. The van der Waals surface area contributed by atoms with E-state index in [-0.39, 0.29) is 13.3 Å². The van der Waals surface area contributed by atoms with E-state index in [1.54, 1.807) is 11.8 Å². The lowest BCUT2D eigenvalue weighted by molar-refractivity contribution is 0.469. The molecule has 0 aromatic carbocycles. The Morgan fingerprint density at radius 1 is 0.727 bits per heavy atom. The first kappa shape index (κ1) is 11.2. The Balaban J connectivity index is 2.69. The van der Waals surface area contributed by atoms with Crippen molar-refractivity contribution in [1.29, 1.82) is 0 Å². The van der Waals surface area contributed by atoms with Crippen LogP contribution in [0.15, 0.2) is 0 Å². The van der Waals surface area contributed by atoms with Crippen molar-refractivity contribution >= 4 is 11.8 Å². The Kier molecular flexibility index (Phi) is 10.4. The molecule has 0 aliphatic rings. The minimum Gasteiger partial charge on any atom is -0.251 e. The average molecular weight is 182 g/mol. The van der Waals surface area contributed by atoms with Gasteiger partial charge in [-0.2, -0.15) is 11.8 Å². The first-order valence-corrected chi connectivity index (χ1v) is 5.27. The second kappa shape index (κ2) is 10.2. The highest BCUT2D eigenvalue weighted by Gasteiger charge is 1.90. The Morgan fingerprint density at radius 2 is 1.18 bits per heavy atom. The molecule has 0 fully saturated rings. The molecule has 0 atom stereocenters. The molecule has 0 spiro atoms. The van der Waals surface area contributed by atoms with Crippen LogP contribution in [0.3, 0.4) is 0 Å². The molecule has 0 amide bonds. The molecular weight excluding hydrogens is 166 g/mol. The van der Waals surface area contributed by atoms with E-state index in [1.807, 2.05) is 0 Å². The summed E-state index contributed by atoms with van der Waals surface area (Å²) in [6, 6.07) is 0.